The molecule has 146 valence electrons. The molecule has 3 N–H and O–H groups in total. The van der Waals surface area contributed by atoms with Crippen LogP contribution < -0.4 is 11.1 Å². The molecule has 0 amide bonds. The Labute approximate surface area is 167 Å². The minimum atomic E-state index is -4.05. The molecule has 2 heterocycles. The van der Waals surface area contributed by atoms with Crippen molar-refractivity contribution in [3.05, 3.63) is 46.0 Å². The van der Waals surface area contributed by atoms with Crippen LogP contribution in [-0.2, 0) is 16.4 Å². The zero-order valence-electron chi connectivity index (χ0n) is 14.7. The molecule has 27 heavy (non-hydrogen) atoms. The summed E-state index contributed by atoms with van der Waals surface area (Å²) in [6.07, 6.45) is 0. The van der Waals surface area contributed by atoms with Crippen molar-refractivity contribution in [1.82, 2.24) is 14.6 Å². The summed E-state index contributed by atoms with van der Waals surface area (Å²) in [7, 11) is -2.49. The first kappa shape index (κ1) is 21.4. The minimum absolute atomic E-state index is 0. The van der Waals surface area contributed by atoms with Crippen LogP contribution in [0.3, 0.4) is 0 Å². The van der Waals surface area contributed by atoms with Gasteiger partial charge in [0.15, 0.2) is 16.4 Å². The standard InChI is InChI=1S/C16H17ClFN5O2S.ClH/c1-8-11(7-19)9(2)23-16(21-8)14(15(20-3)22-23)26(24,25)10-4-5-13(18)12(17)6-10;/h4-6H,7,19H2,1-3H3,(H,20,22);1H. The number of hydrogen-bond donors (Lipinski definition) is 2. The number of aromatic nitrogens is 3. The normalized spacial score (nSPS) is 11.5. The van der Waals surface area contributed by atoms with E-state index >= 15 is 0 Å². The Bertz CT molecular complexity index is 1130. The minimum Gasteiger partial charge on any atom is -0.370 e. The van der Waals surface area contributed by atoms with Gasteiger partial charge in [-0.15, -0.1) is 17.5 Å². The maximum absolute atomic E-state index is 13.4. The lowest BCUT2D eigenvalue weighted by Crippen LogP contribution is -2.10. The fraction of sp³-hybridized carbons (Fsp3) is 0.250. The van der Waals surface area contributed by atoms with Gasteiger partial charge in [-0.3, -0.25) is 0 Å². The maximum Gasteiger partial charge on any atom is 0.214 e. The molecule has 0 unspecified atom stereocenters. The van der Waals surface area contributed by atoms with E-state index in [0.717, 1.165) is 23.8 Å². The van der Waals surface area contributed by atoms with Crippen LogP contribution in [0.5, 0.6) is 0 Å². The van der Waals surface area contributed by atoms with Crippen molar-refractivity contribution in [2.75, 3.05) is 12.4 Å². The molecule has 0 saturated heterocycles. The number of hydrogen-bond acceptors (Lipinski definition) is 6. The highest BCUT2D eigenvalue weighted by molar-refractivity contribution is 7.91. The highest BCUT2D eigenvalue weighted by Gasteiger charge is 2.30. The fourth-order valence-corrected chi connectivity index (χ4v) is 4.58. The van der Waals surface area contributed by atoms with Gasteiger partial charge in [-0.05, 0) is 32.0 Å². The Morgan fingerprint density at radius 2 is 2.00 bits per heavy atom. The molecule has 2 aromatic heterocycles. The Morgan fingerprint density at radius 3 is 2.56 bits per heavy atom. The number of fused-ring (bicyclic) bond motifs is 1. The molecular weight excluding hydrogens is 416 g/mol. The van der Waals surface area contributed by atoms with Gasteiger partial charge in [0.1, 0.15) is 5.82 Å². The van der Waals surface area contributed by atoms with Gasteiger partial charge in [0.05, 0.1) is 9.92 Å². The summed E-state index contributed by atoms with van der Waals surface area (Å²) in [6.45, 7) is 3.80. The van der Waals surface area contributed by atoms with Crippen LogP contribution in [0.15, 0.2) is 28.0 Å². The second kappa shape index (κ2) is 7.59. The number of anilines is 1. The number of benzene rings is 1. The number of halogens is 3. The number of nitrogens with one attached hydrogen (secondary N) is 1. The third-order valence-electron chi connectivity index (χ3n) is 4.19. The lowest BCUT2D eigenvalue weighted by molar-refractivity contribution is 0.595. The van der Waals surface area contributed by atoms with Crippen LogP contribution in [0.4, 0.5) is 10.2 Å². The summed E-state index contributed by atoms with van der Waals surface area (Å²) in [5.74, 6) is -0.564. The first-order valence-electron chi connectivity index (χ1n) is 7.69. The van der Waals surface area contributed by atoms with E-state index in [9.17, 15) is 12.8 Å². The van der Waals surface area contributed by atoms with Gasteiger partial charge in [-0.1, -0.05) is 11.6 Å². The lowest BCUT2D eigenvalue weighted by atomic mass is 10.2. The number of nitrogens with two attached hydrogens (primary N) is 1. The van der Waals surface area contributed by atoms with Gasteiger partial charge in [-0.2, -0.15) is 0 Å². The summed E-state index contributed by atoms with van der Waals surface area (Å²) in [4.78, 5) is 4.16. The monoisotopic (exact) mass is 433 g/mol. The molecular formula is C16H18Cl2FN5O2S. The Balaban J connectivity index is 0.00000261. The van der Waals surface area contributed by atoms with Crippen molar-refractivity contribution in [1.29, 1.82) is 0 Å². The second-order valence-electron chi connectivity index (χ2n) is 5.71. The topological polar surface area (TPSA) is 102 Å². The summed E-state index contributed by atoms with van der Waals surface area (Å²) in [5, 5.41) is 6.82. The molecule has 0 bridgehead atoms. The maximum atomic E-state index is 13.4. The fourth-order valence-electron chi connectivity index (χ4n) is 2.81. The van der Waals surface area contributed by atoms with Crippen LogP contribution >= 0.6 is 24.0 Å². The smallest absolute Gasteiger partial charge is 0.214 e. The van der Waals surface area contributed by atoms with E-state index in [1.165, 1.54) is 4.52 Å². The molecule has 0 spiro atoms. The van der Waals surface area contributed by atoms with Crippen molar-refractivity contribution in [2.45, 2.75) is 30.2 Å². The van der Waals surface area contributed by atoms with E-state index in [4.69, 9.17) is 17.3 Å². The summed E-state index contributed by atoms with van der Waals surface area (Å²) in [5.41, 5.74) is 8.04. The number of rotatable bonds is 4. The Kier molecular flexibility index (Phi) is 6.00. The average Bonchev–Trinajstić information content (AvgIpc) is 2.97. The van der Waals surface area contributed by atoms with E-state index < -0.39 is 15.7 Å². The summed E-state index contributed by atoms with van der Waals surface area (Å²) < 4.78 is 41.3. The zero-order valence-corrected chi connectivity index (χ0v) is 17.1. The van der Waals surface area contributed by atoms with Gasteiger partial charge in [0, 0.05) is 30.5 Å². The average molecular weight is 434 g/mol. The quantitative estimate of drug-likeness (QED) is 0.613. The highest BCUT2D eigenvalue weighted by Crippen LogP contribution is 2.33. The third-order valence-corrected chi connectivity index (χ3v) is 6.27. The zero-order chi connectivity index (χ0) is 19.2. The van der Waals surface area contributed by atoms with Crippen molar-refractivity contribution in [2.24, 2.45) is 5.73 Å². The molecule has 0 atom stereocenters. The molecule has 1 aromatic carbocycles. The molecule has 0 fully saturated rings. The molecule has 11 heteroatoms. The second-order valence-corrected chi connectivity index (χ2v) is 8.00. The number of aryl methyl sites for hydroxylation is 2. The molecule has 0 aliphatic rings. The van der Waals surface area contributed by atoms with E-state index in [1.807, 2.05) is 0 Å². The Hall–Kier alpha value is -1.94. The lowest BCUT2D eigenvalue weighted by Gasteiger charge is -2.10. The van der Waals surface area contributed by atoms with Gasteiger partial charge in [-0.25, -0.2) is 22.3 Å². The van der Waals surface area contributed by atoms with Crippen molar-refractivity contribution in [3.63, 3.8) is 0 Å². The Morgan fingerprint density at radius 1 is 1.33 bits per heavy atom. The SMILES string of the molecule is CNc1nn2c(C)c(CN)c(C)nc2c1S(=O)(=O)c1ccc(F)c(Cl)c1.Cl. The number of nitrogens with zero attached hydrogens (tertiary/aromatic N) is 3. The molecule has 0 saturated carbocycles. The molecule has 3 rings (SSSR count). The van der Waals surface area contributed by atoms with Crippen molar-refractivity contribution < 1.29 is 12.8 Å². The predicted octanol–water partition coefficient (Wildman–Crippen LogP) is 2.89. The van der Waals surface area contributed by atoms with E-state index in [2.05, 4.69) is 15.4 Å². The predicted molar refractivity (Wildman–Crippen MR) is 104 cm³/mol. The van der Waals surface area contributed by atoms with Gasteiger partial charge < -0.3 is 11.1 Å². The van der Waals surface area contributed by atoms with Crippen LogP contribution in [-0.4, -0.2) is 30.1 Å². The first-order valence-corrected chi connectivity index (χ1v) is 9.55. The highest BCUT2D eigenvalue weighted by atomic mass is 35.5. The van der Waals surface area contributed by atoms with Gasteiger partial charge >= 0.3 is 0 Å². The molecule has 0 aliphatic heterocycles. The van der Waals surface area contributed by atoms with Crippen LogP contribution in [0.25, 0.3) is 5.65 Å². The third kappa shape index (κ3) is 3.36. The van der Waals surface area contributed by atoms with Crippen LogP contribution in [0, 0.1) is 19.7 Å². The van der Waals surface area contributed by atoms with Crippen LogP contribution in [0.1, 0.15) is 17.0 Å². The molecule has 7 nitrogen and oxygen atoms in total. The largest absolute Gasteiger partial charge is 0.370 e. The molecule has 3 aromatic rings. The first-order chi connectivity index (χ1) is 12.2. The van der Waals surface area contributed by atoms with Crippen molar-refractivity contribution in [3.8, 4) is 0 Å². The molecule has 0 radical (unpaired) electrons. The van der Waals surface area contributed by atoms with E-state index in [-0.39, 0.29) is 45.2 Å². The van der Waals surface area contributed by atoms with Gasteiger partial charge in [0.25, 0.3) is 0 Å². The summed E-state index contributed by atoms with van der Waals surface area (Å²) in [6, 6.07) is 3.24. The van der Waals surface area contributed by atoms with Crippen molar-refractivity contribution >= 4 is 45.3 Å². The van der Waals surface area contributed by atoms with Crippen LogP contribution in [0.2, 0.25) is 5.02 Å². The van der Waals surface area contributed by atoms with E-state index in [0.29, 0.717) is 11.4 Å². The van der Waals surface area contributed by atoms with E-state index in [1.54, 1.807) is 20.9 Å². The summed E-state index contributed by atoms with van der Waals surface area (Å²) >= 11 is 5.76. The molecule has 0 aliphatic carbocycles. The van der Waals surface area contributed by atoms with Gasteiger partial charge in [0.2, 0.25) is 9.84 Å². The number of sulfone groups is 1.